The number of para-hydroxylation sites is 1. The molecule has 5 aromatic carbocycles. The van der Waals surface area contributed by atoms with Crippen LogP contribution in [0.2, 0.25) is 10.0 Å². The molecule has 0 radical (unpaired) electrons. The summed E-state index contributed by atoms with van der Waals surface area (Å²) < 4.78 is 0. The molecule has 1 atom stereocenters. The molecule has 0 saturated carbocycles. The lowest BCUT2D eigenvalue weighted by molar-refractivity contribution is -0.385. The van der Waals surface area contributed by atoms with Crippen LogP contribution < -0.4 is 16.0 Å². The number of nitro groups is 1. The summed E-state index contributed by atoms with van der Waals surface area (Å²) in [6, 6.07) is 34.9. The normalized spacial score (nSPS) is 11.7. The van der Waals surface area contributed by atoms with Crippen LogP contribution in [0.1, 0.15) is 26.7 Å². The largest absolute Gasteiger partial charge is 0.323 e. The van der Waals surface area contributed by atoms with Crippen LogP contribution in [0.25, 0.3) is 6.08 Å². The van der Waals surface area contributed by atoms with Crippen molar-refractivity contribution in [2.24, 2.45) is 0 Å². The number of hydrogen-bond acceptors (Lipinski definition) is 6. The molecule has 3 N–H and O–H groups in total. The van der Waals surface area contributed by atoms with Crippen LogP contribution in [-0.2, 0) is 9.59 Å². The topological polar surface area (TPSA) is 130 Å². The fourth-order valence-electron chi connectivity index (χ4n) is 4.55. The van der Waals surface area contributed by atoms with Crippen molar-refractivity contribution in [1.29, 1.82) is 0 Å². The minimum absolute atomic E-state index is 0.127. The van der Waals surface area contributed by atoms with Crippen LogP contribution in [0.15, 0.2) is 138 Å². The molecule has 0 spiro atoms. The molecule has 9 nitrogen and oxygen atoms in total. The van der Waals surface area contributed by atoms with Crippen molar-refractivity contribution in [2.45, 2.75) is 10.1 Å². The van der Waals surface area contributed by atoms with Crippen LogP contribution in [0.4, 0.5) is 17.1 Å². The van der Waals surface area contributed by atoms with Crippen molar-refractivity contribution < 1.29 is 19.3 Å². The van der Waals surface area contributed by atoms with Gasteiger partial charge in [-0.05, 0) is 66.2 Å². The third-order valence-electron chi connectivity index (χ3n) is 6.83. The van der Waals surface area contributed by atoms with Gasteiger partial charge in [0.25, 0.3) is 17.5 Å². The summed E-state index contributed by atoms with van der Waals surface area (Å²) in [6.07, 6.45) is 1.25. The second-order valence-corrected chi connectivity index (χ2v) is 12.2. The Labute approximate surface area is 290 Å². The van der Waals surface area contributed by atoms with Crippen LogP contribution in [0.3, 0.4) is 0 Å². The molecule has 5 rings (SSSR count). The maximum atomic E-state index is 13.6. The quantitative estimate of drug-likeness (QED) is 0.0548. The summed E-state index contributed by atoms with van der Waals surface area (Å²) in [5.41, 5.74) is 1.43. The zero-order chi connectivity index (χ0) is 34.0. The van der Waals surface area contributed by atoms with E-state index in [1.54, 1.807) is 78.9 Å². The number of nitrogens with one attached hydrogen (secondary N) is 3. The van der Waals surface area contributed by atoms with Crippen molar-refractivity contribution in [2.75, 3.05) is 10.6 Å². The maximum absolute atomic E-state index is 13.6. The van der Waals surface area contributed by atoms with Crippen LogP contribution in [0, 0.1) is 10.1 Å². The molecule has 240 valence electrons. The monoisotopic (exact) mass is 696 g/mol. The number of thioether (sulfide) groups is 1. The highest BCUT2D eigenvalue weighted by molar-refractivity contribution is 8.00. The molecule has 5 aromatic rings. The van der Waals surface area contributed by atoms with Gasteiger partial charge in [-0.15, -0.1) is 11.8 Å². The van der Waals surface area contributed by atoms with E-state index in [0.717, 1.165) is 5.56 Å². The Morgan fingerprint density at radius 1 is 0.771 bits per heavy atom. The van der Waals surface area contributed by atoms with Crippen molar-refractivity contribution >= 4 is 75.8 Å². The molecule has 48 heavy (non-hydrogen) atoms. The van der Waals surface area contributed by atoms with E-state index in [4.69, 9.17) is 23.2 Å². The van der Waals surface area contributed by atoms with E-state index in [9.17, 15) is 24.5 Å². The number of hydrogen-bond donors (Lipinski definition) is 3. The molecule has 0 fully saturated rings. The second kappa shape index (κ2) is 15.9. The van der Waals surface area contributed by atoms with Crippen LogP contribution in [-0.4, -0.2) is 22.6 Å². The van der Waals surface area contributed by atoms with E-state index in [1.807, 2.05) is 30.3 Å². The lowest BCUT2D eigenvalue weighted by Gasteiger charge is -2.18. The lowest BCUT2D eigenvalue weighted by Crippen LogP contribution is -2.30. The van der Waals surface area contributed by atoms with Crippen molar-refractivity contribution in [3.63, 3.8) is 0 Å². The first-order valence-electron chi connectivity index (χ1n) is 14.4. The summed E-state index contributed by atoms with van der Waals surface area (Å²) in [5.74, 6) is -1.63. The van der Waals surface area contributed by atoms with Gasteiger partial charge >= 0.3 is 0 Å². The van der Waals surface area contributed by atoms with Gasteiger partial charge in [0.05, 0.1) is 21.2 Å². The third kappa shape index (κ3) is 8.89. The highest BCUT2D eigenvalue weighted by Crippen LogP contribution is 2.38. The zero-order valence-electron chi connectivity index (χ0n) is 24.9. The lowest BCUT2D eigenvalue weighted by atomic mass is 10.1. The summed E-state index contributed by atoms with van der Waals surface area (Å²) in [5, 5.41) is 19.9. The summed E-state index contributed by atoms with van der Waals surface area (Å²) in [7, 11) is 0. The fourth-order valence-corrected chi connectivity index (χ4v) is 5.97. The Hall–Kier alpha value is -5.42. The molecule has 0 saturated heterocycles. The van der Waals surface area contributed by atoms with Crippen molar-refractivity contribution in [1.82, 2.24) is 5.32 Å². The number of benzene rings is 5. The number of amides is 3. The molecule has 0 aliphatic heterocycles. The predicted molar refractivity (Wildman–Crippen MR) is 190 cm³/mol. The first kappa shape index (κ1) is 33.9. The van der Waals surface area contributed by atoms with E-state index in [0.29, 0.717) is 31.9 Å². The average Bonchev–Trinajstić information content (AvgIpc) is 3.09. The van der Waals surface area contributed by atoms with Gasteiger partial charge in [-0.3, -0.25) is 24.5 Å². The Morgan fingerprint density at radius 2 is 1.46 bits per heavy atom. The standard InChI is InChI=1S/C36H26Cl2N4O5S/c37-26-18-19-29(38)30(21-26)40-36(45)33(23-10-3-1-4-11-23)48-28-16-9-15-27(22-28)39-35(44)31(41-34(43)24-12-5-2-6-13-24)20-25-14-7-8-17-32(25)42(46)47/h1-22,33H,(H,39,44)(H,40,45)(H,41,43)/b31-20+. The first-order valence-corrected chi connectivity index (χ1v) is 16.0. The SMILES string of the molecule is O=C(Nc1cccc(SC(C(=O)Nc2cc(Cl)ccc2Cl)c2ccccc2)c1)/C(=C\c1ccccc1[N+](=O)[O-])NC(=O)c1ccccc1. The maximum Gasteiger partial charge on any atom is 0.276 e. The summed E-state index contributed by atoms with van der Waals surface area (Å²) >= 11 is 13.7. The molecule has 0 aliphatic carbocycles. The Bertz CT molecular complexity index is 2010. The number of anilines is 2. The molecule has 0 heterocycles. The number of halogens is 2. The smallest absolute Gasteiger partial charge is 0.276 e. The van der Waals surface area contributed by atoms with Crippen molar-refractivity contribution in [3.8, 4) is 0 Å². The first-order chi connectivity index (χ1) is 23.2. The van der Waals surface area contributed by atoms with Gasteiger partial charge in [0, 0.05) is 27.2 Å². The molecule has 3 amide bonds. The average molecular weight is 698 g/mol. The van der Waals surface area contributed by atoms with E-state index in [2.05, 4.69) is 16.0 Å². The van der Waals surface area contributed by atoms with Gasteiger partial charge in [-0.2, -0.15) is 0 Å². The van der Waals surface area contributed by atoms with Crippen LogP contribution >= 0.6 is 35.0 Å². The van der Waals surface area contributed by atoms with Gasteiger partial charge in [-0.1, -0.05) is 89.9 Å². The minimum Gasteiger partial charge on any atom is -0.323 e. The molecule has 0 aliphatic rings. The van der Waals surface area contributed by atoms with Gasteiger partial charge in [0.15, 0.2) is 0 Å². The highest BCUT2D eigenvalue weighted by atomic mass is 35.5. The molecule has 0 aromatic heterocycles. The number of carbonyl (C=O) groups is 3. The van der Waals surface area contributed by atoms with Crippen molar-refractivity contribution in [3.05, 3.63) is 170 Å². The molecular weight excluding hydrogens is 671 g/mol. The Morgan fingerprint density at radius 3 is 2.19 bits per heavy atom. The van der Waals surface area contributed by atoms with E-state index < -0.39 is 22.0 Å². The van der Waals surface area contributed by atoms with E-state index >= 15 is 0 Å². The molecule has 0 bridgehead atoms. The van der Waals surface area contributed by atoms with Gasteiger partial charge < -0.3 is 16.0 Å². The predicted octanol–water partition coefficient (Wildman–Crippen LogP) is 8.78. The number of nitro benzene ring substituents is 1. The Kier molecular flexibility index (Phi) is 11.3. The van der Waals surface area contributed by atoms with E-state index in [1.165, 1.54) is 36.0 Å². The third-order valence-corrected chi connectivity index (χ3v) is 8.65. The number of nitrogens with zero attached hydrogens (tertiary/aromatic N) is 1. The fraction of sp³-hybridized carbons (Fsp3) is 0.0278. The van der Waals surface area contributed by atoms with E-state index in [-0.39, 0.29) is 22.9 Å². The van der Waals surface area contributed by atoms with Gasteiger partial charge in [0.2, 0.25) is 5.91 Å². The number of rotatable bonds is 11. The second-order valence-electron chi connectivity index (χ2n) is 10.2. The molecule has 1 unspecified atom stereocenters. The zero-order valence-corrected chi connectivity index (χ0v) is 27.3. The molecule has 12 heteroatoms. The highest BCUT2D eigenvalue weighted by Gasteiger charge is 2.24. The summed E-state index contributed by atoms with van der Waals surface area (Å²) in [6.45, 7) is 0. The molecular formula is C36H26Cl2N4O5S. The summed E-state index contributed by atoms with van der Waals surface area (Å²) in [4.78, 5) is 52.0. The number of carbonyl (C=O) groups excluding carboxylic acids is 3. The Balaban J connectivity index is 1.41. The van der Waals surface area contributed by atoms with Crippen LogP contribution in [0.5, 0.6) is 0 Å². The minimum atomic E-state index is -0.716. The van der Waals surface area contributed by atoms with Gasteiger partial charge in [0.1, 0.15) is 10.9 Å². The van der Waals surface area contributed by atoms with Gasteiger partial charge in [-0.25, -0.2) is 0 Å².